The Morgan fingerprint density at radius 3 is 2.25 bits per heavy atom. The molecule has 9 heteroatoms. The first-order chi connectivity index (χ1) is 13.5. The molecule has 2 heterocycles. The maximum absolute atomic E-state index is 12.3. The number of nitro groups is 1. The van der Waals surface area contributed by atoms with Crippen LogP contribution in [0.1, 0.15) is 33.0 Å². The van der Waals surface area contributed by atoms with Gasteiger partial charge in [-0.3, -0.25) is 24.6 Å². The van der Waals surface area contributed by atoms with Gasteiger partial charge in [-0.25, -0.2) is 0 Å². The van der Waals surface area contributed by atoms with Gasteiger partial charge < -0.3 is 4.52 Å². The number of carbonyl (C=O) groups is 2. The number of nitro benzene ring substituents is 1. The van der Waals surface area contributed by atoms with E-state index in [1.807, 2.05) is 0 Å². The van der Waals surface area contributed by atoms with Gasteiger partial charge >= 0.3 is 0 Å². The fourth-order valence-electron chi connectivity index (χ4n) is 3.04. The first-order valence-corrected chi connectivity index (χ1v) is 8.57. The summed E-state index contributed by atoms with van der Waals surface area (Å²) in [5.74, 6) is 0.103. The number of aryl methyl sites for hydroxylation is 1. The van der Waals surface area contributed by atoms with Crippen LogP contribution in [0.3, 0.4) is 0 Å². The smallest absolute Gasteiger partial charge is 0.269 e. The van der Waals surface area contributed by atoms with Crippen LogP contribution in [0.25, 0.3) is 11.4 Å². The van der Waals surface area contributed by atoms with Crippen LogP contribution in [0.5, 0.6) is 0 Å². The SMILES string of the molecule is O=C1c2ccccc2C(=O)N1CCCc1nc(-c2ccc([N+](=O)[O-])cc2)no1. The van der Waals surface area contributed by atoms with Crippen molar-refractivity contribution in [3.05, 3.63) is 75.7 Å². The largest absolute Gasteiger partial charge is 0.339 e. The van der Waals surface area contributed by atoms with Crippen molar-refractivity contribution in [2.45, 2.75) is 12.8 Å². The van der Waals surface area contributed by atoms with E-state index in [4.69, 9.17) is 4.52 Å². The van der Waals surface area contributed by atoms with Crippen molar-refractivity contribution in [3.63, 3.8) is 0 Å². The summed E-state index contributed by atoms with van der Waals surface area (Å²) in [6.45, 7) is 0.252. The maximum Gasteiger partial charge on any atom is 0.269 e. The number of hydrogen-bond acceptors (Lipinski definition) is 7. The summed E-state index contributed by atoms with van der Waals surface area (Å²) in [4.78, 5) is 40.3. The van der Waals surface area contributed by atoms with Crippen LogP contribution in [0.4, 0.5) is 5.69 Å². The highest BCUT2D eigenvalue weighted by Gasteiger charge is 2.34. The van der Waals surface area contributed by atoms with Crippen molar-refractivity contribution >= 4 is 17.5 Å². The Bertz CT molecular complexity index is 1040. The lowest BCUT2D eigenvalue weighted by atomic mass is 10.1. The van der Waals surface area contributed by atoms with E-state index in [1.54, 1.807) is 36.4 Å². The standard InChI is InChI=1S/C19H14N4O5/c24-18-14-4-1-2-5-15(14)19(25)22(18)11-3-6-16-20-17(21-28-16)12-7-9-13(10-8-12)23(26)27/h1-2,4-5,7-10H,3,6,11H2. The fourth-order valence-corrected chi connectivity index (χ4v) is 3.04. The highest BCUT2D eigenvalue weighted by molar-refractivity contribution is 6.21. The predicted molar refractivity (Wildman–Crippen MR) is 96.5 cm³/mol. The number of amides is 2. The third-order valence-corrected chi connectivity index (χ3v) is 4.45. The second-order valence-corrected chi connectivity index (χ2v) is 6.23. The molecule has 0 bridgehead atoms. The average molecular weight is 378 g/mol. The Hall–Kier alpha value is -3.88. The molecule has 0 saturated carbocycles. The summed E-state index contributed by atoms with van der Waals surface area (Å²) >= 11 is 0. The molecule has 9 nitrogen and oxygen atoms in total. The van der Waals surface area contributed by atoms with E-state index in [0.29, 0.717) is 41.2 Å². The van der Waals surface area contributed by atoms with Gasteiger partial charge in [0.2, 0.25) is 11.7 Å². The number of imide groups is 1. The first-order valence-electron chi connectivity index (χ1n) is 8.57. The van der Waals surface area contributed by atoms with Gasteiger partial charge in [0.25, 0.3) is 17.5 Å². The molecule has 0 fully saturated rings. The van der Waals surface area contributed by atoms with Crippen molar-refractivity contribution < 1.29 is 19.0 Å². The van der Waals surface area contributed by atoms with Gasteiger partial charge in [0.05, 0.1) is 16.1 Å². The highest BCUT2D eigenvalue weighted by atomic mass is 16.6. The molecule has 1 aromatic heterocycles. The molecule has 0 saturated heterocycles. The van der Waals surface area contributed by atoms with Gasteiger partial charge in [-0.1, -0.05) is 17.3 Å². The molecule has 2 amide bonds. The van der Waals surface area contributed by atoms with E-state index in [1.165, 1.54) is 17.0 Å². The molecule has 2 aromatic carbocycles. The van der Waals surface area contributed by atoms with Crippen molar-refractivity contribution in [3.8, 4) is 11.4 Å². The lowest BCUT2D eigenvalue weighted by Crippen LogP contribution is -2.30. The minimum absolute atomic E-state index is 0.0200. The van der Waals surface area contributed by atoms with Crippen LogP contribution in [-0.4, -0.2) is 38.3 Å². The molecule has 0 unspecified atom stereocenters. The molecule has 0 N–H and O–H groups in total. The van der Waals surface area contributed by atoms with Crippen LogP contribution in [0.15, 0.2) is 53.1 Å². The zero-order valence-corrected chi connectivity index (χ0v) is 14.6. The van der Waals surface area contributed by atoms with E-state index >= 15 is 0 Å². The number of benzene rings is 2. The molecule has 0 atom stereocenters. The highest BCUT2D eigenvalue weighted by Crippen LogP contribution is 2.23. The van der Waals surface area contributed by atoms with Gasteiger partial charge in [0.1, 0.15) is 0 Å². The summed E-state index contributed by atoms with van der Waals surface area (Å²) in [7, 11) is 0. The fraction of sp³-hybridized carbons (Fsp3) is 0.158. The second-order valence-electron chi connectivity index (χ2n) is 6.23. The second kappa shape index (κ2) is 7.03. The Morgan fingerprint density at radius 1 is 1.00 bits per heavy atom. The van der Waals surface area contributed by atoms with Crippen LogP contribution in [-0.2, 0) is 6.42 Å². The van der Waals surface area contributed by atoms with Crippen molar-refractivity contribution in [2.24, 2.45) is 0 Å². The Labute approximate surface area is 158 Å². The molecule has 3 aromatic rings. The van der Waals surface area contributed by atoms with Crippen molar-refractivity contribution in [1.29, 1.82) is 0 Å². The Morgan fingerprint density at radius 2 is 1.64 bits per heavy atom. The third kappa shape index (κ3) is 3.13. The Balaban J connectivity index is 1.37. The minimum atomic E-state index is -0.481. The van der Waals surface area contributed by atoms with E-state index in [2.05, 4.69) is 10.1 Å². The minimum Gasteiger partial charge on any atom is -0.339 e. The molecule has 0 aliphatic carbocycles. The van der Waals surface area contributed by atoms with Crippen LogP contribution >= 0.6 is 0 Å². The molecular weight excluding hydrogens is 364 g/mol. The third-order valence-electron chi connectivity index (χ3n) is 4.45. The number of fused-ring (bicyclic) bond motifs is 1. The van der Waals surface area contributed by atoms with E-state index in [9.17, 15) is 19.7 Å². The van der Waals surface area contributed by atoms with Gasteiger partial charge in [-0.2, -0.15) is 4.98 Å². The van der Waals surface area contributed by atoms with E-state index in [-0.39, 0.29) is 24.0 Å². The van der Waals surface area contributed by atoms with Crippen molar-refractivity contribution in [1.82, 2.24) is 15.0 Å². The lowest BCUT2D eigenvalue weighted by molar-refractivity contribution is -0.384. The van der Waals surface area contributed by atoms with E-state index < -0.39 is 4.92 Å². The van der Waals surface area contributed by atoms with Gasteiger partial charge in [0.15, 0.2) is 0 Å². The number of nitrogens with zero attached hydrogens (tertiary/aromatic N) is 4. The summed E-state index contributed by atoms with van der Waals surface area (Å²) in [5, 5.41) is 14.6. The normalized spacial score (nSPS) is 13.1. The van der Waals surface area contributed by atoms with Crippen LogP contribution in [0.2, 0.25) is 0 Å². The number of rotatable bonds is 6. The monoisotopic (exact) mass is 378 g/mol. The molecule has 1 aliphatic heterocycles. The summed E-state index contributed by atoms with van der Waals surface area (Å²) in [5.41, 5.74) is 1.42. The number of non-ortho nitro benzene ring substituents is 1. The molecule has 0 radical (unpaired) electrons. The summed E-state index contributed by atoms with van der Waals surface area (Å²) < 4.78 is 5.19. The van der Waals surface area contributed by atoms with Crippen LogP contribution < -0.4 is 0 Å². The molecule has 28 heavy (non-hydrogen) atoms. The first kappa shape index (κ1) is 17.5. The van der Waals surface area contributed by atoms with Gasteiger partial charge in [-0.05, 0) is 30.7 Å². The van der Waals surface area contributed by atoms with Gasteiger partial charge in [0, 0.05) is 30.7 Å². The van der Waals surface area contributed by atoms with Gasteiger partial charge in [-0.15, -0.1) is 0 Å². The summed E-state index contributed by atoms with van der Waals surface area (Å²) in [6, 6.07) is 12.6. The zero-order valence-electron chi connectivity index (χ0n) is 14.6. The predicted octanol–water partition coefficient (Wildman–Crippen LogP) is 2.87. The lowest BCUT2D eigenvalue weighted by Gasteiger charge is -2.12. The Kier molecular flexibility index (Phi) is 4.40. The molecular formula is C19H14N4O5. The quantitative estimate of drug-likeness (QED) is 0.367. The zero-order chi connectivity index (χ0) is 19.7. The number of aromatic nitrogens is 2. The van der Waals surface area contributed by atoms with E-state index in [0.717, 1.165) is 0 Å². The van der Waals surface area contributed by atoms with Crippen molar-refractivity contribution in [2.75, 3.05) is 6.54 Å². The molecule has 4 rings (SSSR count). The average Bonchev–Trinajstić information content (AvgIpc) is 3.27. The molecule has 0 spiro atoms. The molecule has 140 valence electrons. The van der Waals surface area contributed by atoms with Crippen LogP contribution in [0, 0.1) is 10.1 Å². The maximum atomic E-state index is 12.3. The number of carbonyl (C=O) groups excluding carboxylic acids is 2. The molecule has 1 aliphatic rings. The number of hydrogen-bond donors (Lipinski definition) is 0. The topological polar surface area (TPSA) is 119 Å². The summed E-state index contributed by atoms with van der Waals surface area (Å²) in [6.07, 6.45) is 0.876.